The van der Waals surface area contributed by atoms with Crippen LogP contribution in [0.3, 0.4) is 0 Å². The van der Waals surface area contributed by atoms with Gasteiger partial charge >= 0.3 is 0 Å². The summed E-state index contributed by atoms with van der Waals surface area (Å²) in [5.74, 6) is 0.581. The Morgan fingerprint density at radius 3 is 2.80 bits per heavy atom. The zero-order valence-electron chi connectivity index (χ0n) is 11.8. The van der Waals surface area contributed by atoms with Crippen molar-refractivity contribution in [2.24, 2.45) is 0 Å². The number of ether oxygens (including phenoxy) is 1. The molecule has 0 radical (unpaired) electrons. The summed E-state index contributed by atoms with van der Waals surface area (Å²) in [4.78, 5) is 8.22. The van der Waals surface area contributed by atoms with Crippen molar-refractivity contribution in [3.8, 4) is 5.88 Å². The van der Waals surface area contributed by atoms with Crippen molar-refractivity contribution < 1.29 is 4.74 Å². The van der Waals surface area contributed by atoms with Crippen LogP contribution in [0.15, 0.2) is 36.7 Å². The number of halogens is 1. The van der Waals surface area contributed by atoms with E-state index >= 15 is 0 Å². The normalized spacial score (nSPS) is 12.2. The van der Waals surface area contributed by atoms with Gasteiger partial charge in [0.2, 0.25) is 5.88 Å². The Morgan fingerprint density at radius 1 is 1.25 bits per heavy atom. The lowest BCUT2D eigenvalue weighted by atomic mass is 10.0. The lowest BCUT2D eigenvalue weighted by Crippen LogP contribution is -2.07. The molecule has 20 heavy (non-hydrogen) atoms. The highest BCUT2D eigenvalue weighted by atomic mass is 35.5. The van der Waals surface area contributed by atoms with E-state index in [1.54, 1.807) is 7.11 Å². The summed E-state index contributed by atoms with van der Waals surface area (Å²) < 4.78 is 5.09. The van der Waals surface area contributed by atoms with Crippen LogP contribution in [-0.4, -0.2) is 22.5 Å². The van der Waals surface area contributed by atoms with E-state index in [1.165, 1.54) is 17.5 Å². The molecular formula is C16H19ClN2O. The van der Waals surface area contributed by atoms with Crippen LogP contribution in [0.2, 0.25) is 0 Å². The lowest BCUT2D eigenvalue weighted by molar-refractivity contribution is 0.395. The van der Waals surface area contributed by atoms with Crippen LogP contribution in [0.4, 0.5) is 0 Å². The molecule has 1 atom stereocenters. The predicted octanol–water partition coefficient (Wildman–Crippen LogP) is 3.58. The van der Waals surface area contributed by atoms with Crippen molar-refractivity contribution >= 4 is 11.6 Å². The molecule has 3 nitrogen and oxygen atoms in total. The maximum Gasteiger partial charge on any atom is 0.216 e. The fourth-order valence-corrected chi connectivity index (χ4v) is 2.40. The molecule has 2 rings (SSSR count). The van der Waals surface area contributed by atoms with Crippen molar-refractivity contribution in [1.29, 1.82) is 0 Å². The highest BCUT2D eigenvalue weighted by molar-refractivity contribution is 6.20. The van der Waals surface area contributed by atoms with Crippen LogP contribution < -0.4 is 4.74 Å². The molecule has 1 heterocycles. The molecule has 0 bridgehead atoms. The highest BCUT2D eigenvalue weighted by Crippen LogP contribution is 2.17. The second kappa shape index (κ2) is 7.25. The summed E-state index contributed by atoms with van der Waals surface area (Å²) in [7, 11) is 1.60. The molecule has 1 unspecified atom stereocenters. The molecule has 4 heteroatoms. The minimum Gasteiger partial charge on any atom is -0.481 e. The smallest absolute Gasteiger partial charge is 0.216 e. The zero-order valence-corrected chi connectivity index (χ0v) is 12.6. The third-order valence-corrected chi connectivity index (χ3v) is 3.70. The van der Waals surface area contributed by atoms with Gasteiger partial charge in [-0.15, -0.1) is 11.6 Å². The van der Waals surface area contributed by atoms with E-state index in [0.717, 1.165) is 25.0 Å². The van der Waals surface area contributed by atoms with E-state index in [9.17, 15) is 0 Å². The van der Waals surface area contributed by atoms with Crippen molar-refractivity contribution in [2.75, 3.05) is 7.11 Å². The van der Waals surface area contributed by atoms with Crippen LogP contribution in [0.25, 0.3) is 0 Å². The van der Waals surface area contributed by atoms with Gasteiger partial charge in [-0.25, -0.2) is 9.97 Å². The van der Waals surface area contributed by atoms with Gasteiger partial charge < -0.3 is 4.74 Å². The van der Waals surface area contributed by atoms with Gasteiger partial charge in [0.15, 0.2) is 0 Å². The number of benzene rings is 1. The minimum absolute atomic E-state index is 0.0641. The van der Waals surface area contributed by atoms with E-state index < -0.39 is 0 Å². The summed E-state index contributed by atoms with van der Waals surface area (Å²) >= 11 is 6.41. The minimum atomic E-state index is 0.0641. The van der Waals surface area contributed by atoms with Crippen molar-refractivity contribution in [3.63, 3.8) is 0 Å². The summed E-state index contributed by atoms with van der Waals surface area (Å²) in [5, 5.41) is 0.0641. The van der Waals surface area contributed by atoms with Gasteiger partial charge in [-0.1, -0.05) is 24.3 Å². The molecule has 0 spiro atoms. The zero-order chi connectivity index (χ0) is 14.4. The van der Waals surface area contributed by atoms with Crippen molar-refractivity contribution in [3.05, 3.63) is 53.5 Å². The Labute approximate surface area is 125 Å². The number of aromatic nitrogens is 2. The van der Waals surface area contributed by atoms with Crippen molar-refractivity contribution in [1.82, 2.24) is 9.97 Å². The largest absolute Gasteiger partial charge is 0.481 e. The summed E-state index contributed by atoms with van der Waals surface area (Å²) in [5.41, 5.74) is 3.60. The Morgan fingerprint density at radius 2 is 2.05 bits per heavy atom. The van der Waals surface area contributed by atoms with Gasteiger partial charge in [-0.2, -0.15) is 0 Å². The first-order chi connectivity index (χ1) is 9.69. The molecule has 1 aromatic carbocycles. The highest BCUT2D eigenvalue weighted by Gasteiger charge is 2.09. The Balaban J connectivity index is 1.89. The predicted molar refractivity (Wildman–Crippen MR) is 81.4 cm³/mol. The number of hydrogen-bond donors (Lipinski definition) is 0. The number of hydrogen-bond acceptors (Lipinski definition) is 3. The monoisotopic (exact) mass is 290 g/mol. The van der Waals surface area contributed by atoms with Gasteiger partial charge in [0.1, 0.15) is 6.33 Å². The van der Waals surface area contributed by atoms with E-state index in [0.29, 0.717) is 5.88 Å². The van der Waals surface area contributed by atoms with Crippen LogP contribution in [-0.2, 0) is 12.8 Å². The summed E-state index contributed by atoms with van der Waals surface area (Å²) in [6.07, 6.45) is 4.16. The Kier molecular flexibility index (Phi) is 5.36. The number of nitrogens with zero attached hydrogens (tertiary/aromatic N) is 2. The van der Waals surface area contributed by atoms with Crippen molar-refractivity contribution in [2.45, 2.75) is 31.6 Å². The first-order valence-corrected chi connectivity index (χ1v) is 7.16. The summed E-state index contributed by atoms with van der Waals surface area (Å²) in [6.45, 7) is 2.13. The average Bonchev–Trinajstić information content (AvgIpc) is 2.46. The van der Waals surface area contributed by atoms with Gasteiger partial charge in [0.25, 0.3) is 0 Å². The Bertz CT molecular complexity index is 560. The van der Waals surface area contributed by atoms with Crippen LogP contribution in [0, 0.1) is 6.92 Å². The first kappa shape index (κ1) is 14.8. The third kappa shape index (κ3) is 4.20. The maximum absolute atomic E-state index is 6.41. The molecule has 0 N–H and O–H groups in total. The molecular weight excluding hydrogens is 272 g/mol. The van der Waals surface area contributed by atoms with Crippen LogP contribution in [0.5, 0.6) is 5.88 Å². The molecule has 0 saturated heterocycles. The molecule has 0 aliphatic heterocycles. The fraction of sp³-hybridized carbons (Fsp3) is 0.375. The van der Waals surface area contributed by atoms with E-state index in [1.807, 2.05) is 6.07 Å². The maximum atomic E-state index is 6.41. The quantitative estimate of drug-likeness (QED) is 0.763. The number of aryl methyl sites for hydroxylation is 2. The van der Waals surface area contributed by atoms with E-state index in [2.05, 4.69) is 41.2 Å². The van der Waals surface area contributed by atoms with E-state index in [-0.39, 0.29) is 5.38 Å². The van der Waals surface area contributed by atoms with Gasteiger partial charge in [0.05, 0.1) is 7.11 Å². The topological polar surface area (TPSA) is 35.0 Å². The molecule has 1 aromatic heterocycles. The molecule has 0 fully saturated rings. The lowest BCUT2D eigenvalue weighted by Gasteiger charge is -2.10. The molecule has 0 amide bonds. The summed E-state index contributed by atoms with van der Waals surface area (Å²) in [6, 6.07) is 10.3. The molecule has 2 aromatic rings. The molecule has 0 aliphatic rings. The second-order valence-electron chi connectivity index (χ2n) is 4.82. The number of methoxy groups -OCH3 is 1. The fourth-order valence-electron chi connectivity index (χ4n) is 2.13. The standard InChI is InChI=1S/C16H19ClN2O/c1-12-5-3-4-6-13(12)7-8-14(17)9-15-10-16(20-2)19-11-18-15/h3-6,10-11,14H,7-9H2,1-2H3. The first-order valence-electron chi connectivity index (χ1n) is 6.72. The van der Waals surface area contributed by atoms with Gasteiger partial charge in [0, 0.05) is 23.6 Å². The number of alkyl halides is 1. The molecule has 106 valence electrons. The Hall–Kier alpha value is -1.61. The SMILES string of the molecule is COc1cc(CC(Cl)CCc2ccccc2C)ncn1. The third-order valence-electron chi connectivity index (χ3n) is 3.33. The van der Waals surface area contributed by atoms with Gasteiger partial charge in [-0.05, 0) is 30.9 Å². The van der Waals surface area contributed by atoms with Gasteiger partial charge in [-0.3, -0.25) is 0 Å². The molecule has 0 aliphatic carbocycles. The average molecular weight is 291 g/mol. The van der Waals surface area contributed by atoms with Crippen LogP contribution >= 0.6 is 11.6 Å². The van der Waals surface area contributed by atoms with Crippen LogP contribution in [0.1, 0.15) is 23.2 Å². The number of rotatable bonds is 6. The second-order valence-corrected chi connectivity index (χ2v) is 5.44. The van der Waals surface area contributed by atoms with E-state index in [4.69, 9.17) is 16.3 Å². The molecule has 0 saturated carbocycles.